The van der Waals surface area contributed by atoms with Crippen LogP contribution in [0.15, 0.2) is 11.5 Å². The molecule has 3 nitrogen and oxygen atoms in total. The fraction of sp³-hybridized carbons (Fsp3) is 0.500. The molecule has 1 atom stereocenters. The highest BCUT2D eigenvalue weighted by Crippen LogP contribution is 2.43. The molecule has 0 fully saturated rings. The van der Waals surface area contributed by atoms with Crippen LogP contribution in [0.5, 0.6) is 0 Å². The van der Waals surface area contributed by atoms with Gasteiger partial charge in [0.05, 0.1) is 0 Å². The van der Waals surface area contributed by atoms with Gasteiger partial charge in [-0.25, -0.2) is 13.6 Å². The minimum atomic E-state index is -3.64. The first kappa shape index (κ1) is 8.39. The minimum absolute atomic E-state index is 0.276. The van der Waals surface area contributed by atoms with Crippen LogP contribution in [-0.2, 0) is 10.0 Å². The third-order valence-electron chi connectivity index (χ3n) is 1.13. The Morgan fingerprint density at radius 2 is 2.30 bits per heavy atom. The molecule has 1 rings (SSSR count). The number of nitrogens with two attached hydrogens (primary N) is 1. The van der Waals surface area contributed by atoms with E-state index in [9.17, 15) is 8.42 Å². The lowest BCUT2D eigenvalue weighted by Crippen LogP contribution is -2.32. The number of primary sulfonamides is 1. The summed E-state index contributed by atoms with van der Waals surface area (Å²) in [5, 5.41) is 6.49. The van der Waals surface area contributed by atoms with E-state index in [0.29, 0.717) is 0 Å². The van der Waals surface area contributed by atoms with E-state index in [1.54, 1.807) is 11.5 Å². The van der Waals surface area contributed by atoms with E-state index in [1.165, 1.54) is 0 Å². The molecule has 6 heteroatoms. The molecule has 1 aliphatic heterocycles. The molecule has 0 aromatic heterocycles. The van der Waals surface area contributed by atoms with Crippen LogP contribution in [0.2, 0.25) is 0 Å². The molecular weight excluding hydrogens is 194 g/mol. The summed E-state index contributed by atoms with van der Waals surface area (Å²) in [7, 11) is -3.64. The standard InChI is InChI=1S/C4H6ClNO2S2/c5-4(10(6,7)8)2-1-3-9-4/h1,3H,2H2,(H2,6,7,8). The van der Waals surface area contributed by atoms with Crippen LogP contribution in [0.3, 0.4) is 0 Å². The topological polar surface area (TPSA) is 60.2 Å². The van der Waals surface area contributed by atoms with Crippen LogP contribution in [0, 0.1) is 0 Å². The summed E-state index contributed by atoms with van der Waals surface area (Å²) in [6, 6.07) is 0. The van der Waals surface area contributed by atoms with Gasteiger partial charge in [0.2, 0.25) is 13.6 Å². The molecule has 0 amide bonds. The lowest BCUT2D eigenvalue weighted by atomic mass is 10.5. The molecule has 0 spiro atoms. The first-order valence-corrected chi connectivity index (χ1v) is 5.30. The first-order chi connectivity index (χ1) is 4.46. The molecule has 0 aromatic rings. The maximum absolute atomic E-state index is 10.7. The average Bonchev–Trinajstić information content (AvgIpc) is 2.13. The molecule has 0 radical (unpaired) electrons. The Bertz CT molecular complexity index is 250. The van der Waals surface area contributed by atoms with Gasteiger partial charge in [0.1, 0.15) is 0 Å². The second-order valence-electron chi connectivity index (χ2n) is 1.90. The van der Waals surface area contributed by atoms with Crippen LogP contribution < -0.4 is 5.14 Å². The van der Waals surface area contributed by atoms with Crippen molar-refractivity contribution in [2.45, 2.75) is 9.96 Å². The Morgan fingerprint density at radius 1 is 1.70 bits per heavy atom. The maximum Gasteiger partial charge on any atom is 0.239 e. The summed E-state index contributed by atoms with van der Waals surface area (Å²) < 4.78 is 20.1. The lowest BCUT2D eigenvalue weighted by molar-refractivity contribution is 0.591. The second-order valence-corrected chi connectivity index (χ2v) is 6.24. The molecule has 10 heavy (non-hydrogen) atoms. The van der Waals surface area contributed by atoms with Gasteiger partial charge in [-0.2, -0.15) is 0 Å². The Balaban J connectivity index is 2.92. The monoisotopic (exact) mass is 199 g/mol. The number of hydrogen-bond acceptors (Lipinski definition) is 3. The minimum Gasteiger partial charge on any atom is -0.226 e. The van der Waals surface area contributed by atoms with Crippen LogP contribution in [-0.4, -0.2) is 12.0 Å². The number of rotatable bonds is 1. The predicted octanol–water partition coefficient (Wildman–Crippen LogP) is 0.818. The third kappa shape index (κ3) is 1.32. The van der Waals surface area contributed by atoms with Crippen molar-refractivity contribution in [1.29, 1.82) is 0 Å². The van der Waals surface area contributed by atoms with Crippen molar-refractivity contribution in [2.75, 3.05) is 0 Å². The SMILES string of the molecule is NS(=O)(=O)C1(Cl)CC=CS1. The van der Waals surface area contributed by atoms with Gasteiger partial charge in [-0.3, -0.25) is 0 Å². The van der Waals surface area contributed by atoms with E-state index < -0.39 is 13.6 Å². The van der Waals surface area contributed by atoms with E-state index >= 15 is 0 Å². The van der Waals surface area contributed by atoms with E-state index in [2.05, 4.69) is 0 Å². The number of thioether (sulfide) groups is 1. The number of alkyl halides is 1. The van der Waals surface area contributed by atoms with Crippen LogP contribution in [0.1, 0.15) is 6.42 Å². The van der Waals surface area contributed by atoms with Gasteiger partial charge in [0, 0.05) is 6.42 Å². The van der Waals surface area contributed by atoms with Crippen LogP contribution in [0.4, 0.5) is 0 Å². The molecule has 1 aliphatic rings. The molecule has 0 saturated heterocycles. The van der Waals surface area contributed by atoms with Crippen molar-refractivity contribution < 1.29 is 8.42 Å². The average molecular weight is 200 g/mol. The maximum atomic E-state index is 10.7. The molecule has 1 unspecified atom stereocenters. The van der Waals surface area contributed by atoms with Gasteiger partial charge in [0.25, 0.3) is 0 Å². The number of allylic oxidation sites excluding steroid dienone is 1. The highest BCUT2D eigenvalue weighted by Gasteiger charge is 2.40. The number of hydrogen-bond donors (Lipinski definition) is 1. The molecular formula is C4H6ClNO2S2. The van der Waals surface area contributed by atoms with Gasteiger partial charge in [0.15, 0.2) is 0 Å². The van der Waals surface area contributed by atoms with Gasteiger partial charge < -0.3 is 0 Å². The molecule has 0 aliphatic carbocycles. The smallest absolute Gasteiger partial charge is 0.226 e. The summed E-state index contributed by atoms with van der Waals surface area (Å²) in [6.45, 7) is 0. The fourth-order valence-electron chi connectivity index (χ4n) is 0.570. The molecule has 58 valence electrons. The normalized spacial score (nSPS) is 33.0. The summed E-state index contributed by atoms with van der Waals surface area (Å²) in [4.78, 5) is 0. The molecule has 0 saturated carbocycles. The summed E-state index contributed by atoms with van der Waals surface area (Å²) in [5.74, 6) is 0. The summed E-state index contributed by atoms with van der Waals surface area (Å²) in [5.41, 5.74) is 0. The Hall–Kier alpha value is 0.290. The van der Waals surface area contributed by atoms with Crippen molar-refractivity contribution >= 4 is 33.4 Å². The Kier molecular flexibility index (Phi) is 2.02. The van der Waals surface area contributed by atoms with Crippen molar-refractivity contribution in [3.8, 4) is 0 Å². The fourth-order valence-corrected chi connectivity index (χ4v) is 2.43. The molecule has 2 N–H and O–H groups in total. The summed E-state index contributed by atoms with van der Waals surface area (Å²) >= 11 is 6.66. The largest absolute Gasteiger partial charge is 0.239 e. The highest BCUT2D eigenvalue weighted by molar-refractivity contribution is 8.17. The number of sulfonamides is 1. The van der Waals surface area contributed by atoms with E-state index in [0.717, 1.165) is 11.8 Å². The predicted molar refractivity (Wildman–Crippen MR) is 43.0 cm³/mol. The highest BCUT2D eigenvalue weighted by atomic mass is 35.5. The zero-order valence-electron chi connectivity index (χ0n) is 4.95. The van der Waals surface area contributed by atoms with Crippen molar-refractivity contribution in [1.82, 2.24) is 0 Å². The van der Waals surface area contributed by atoms with Gasteiger partial charge >= 0.3 is 0 Å². The molecule has 0 bridgehead atoms. The second kappa shape index (κ2) is 2.41. The zero-order valence-corrected chi connectivity index (χ0v) is 7.34. The quantitative estimate of drug-likeness (QED) is 0.636. The van der Waals surface area contributed by atoms with Gasteiger partial charge in [-0.1, -0.05) is 29.4 Å². The van der Waals surface area contributed by atoms with E-state index in [-0.39, 0.29) is 6.42 Å². The number of halogens is 1. The molecule has 1 heterocycles. The van der Waals surface area contributed by atoms with Crippen LogP contribution >= 0.6 is 23.4 Å². The van der Waals surface area contributed by atoms with Crippen molar-refractivity contribution in [3.05, 3.63) is 11.5 Å². The van der Waals surface area contributed by atoms with Crippen molar-refractivity contribution in [3.63, 3.8) is 0 Å². The van der Waals surface area contributed by atoms with Gasteiger partial charge in [-0.15, -0.1) is 0 Å². The zero-order chi connectivity index (χ0) is 7.83. The third-order valence-corrected chi connectivity index (χ3v) is 5.04. The van der Waals surface area contributed by atoms with Crippen LogP contribution in [0.25, 0.3) is 0 Å². The first-order valence-electron chi connectivity index (χ1n) is 2.50. The Morgan fingerprint density at radius 3 is 2.50 bits per heavy atom. The lowest BCUT2D eigenvalue weighted by Gasteiger charge is -2.15. The van der Waals surface area contributed by atoms with Crippen molar-refractivity contribution in [2.24, 2.45) is 5.14 Å². The summed E-state index contributed by atoms with van der Waals surface area (Å²) in [6.07, 6.45) is 1.96. The van der Waals surface area contributed by atoms with E-state index in [4.69, 9.17) is 16.7 Å². The van der Waals surface area contributed by atoms with Gasteiger partial charge in [-0.05, 0) is 5.41 Å². The molecule has 0 aromatic carbocycles. The van der Waals surface area contributed by atoms with E-state index in [1.807, 2.05) is 0 Å². The Labute approximate surface area is 68.7 Å².